The first kappa shape index (κ1) is 21.8. The lowest BCUT2D eigenvalue weighted by Gasteiger charge is -2.42. The van der Waals surface area contributed by atoms with Gasteiger partial charge in [0.1, 0.15) is 5.71 Å². The van der Waals surface area contributed by atoms with E-state index in [-0.39, 0.29) is 12.0 Å². The van der Waals surface area contributed by atoms with Crippen LogP contribution in [0.15, 0.2) is 27.8 Å². The summed E-state index contributed by atoms with van der Waals surface area (Å²) in [4.78, 5) is 34.4. The molecule has 0 unspecified atom stereocenters. The van der Waals surface area contributed by atoms with Gasteiger partial charge in [-0.15, -0.1) is 0 Å². The van der Waals surface area contributed by atoms with Crippen LogP contribution in [-0.2, 0) is 14.3 Å². The predicted octanol–water partition coefficient (Wildman–Crippen LogP) is 2.07. The summed E-state index contributed by atoms with van der Waals surface area (Å²) in [6.07, 6.45) is 2.69. The Kier molecular flexibility index (Phi) is 6.41. The third-order valence-corrected chi connectivity index (χ3v) is 6.22. The van der Waals surface area contributed by atoms with Crippen LogP contribution in [0.2, 0.25) is 0 Å². The fraction of sp³-hybridized carbons (Fsp3) is 0.450. The molecule has 30 heavy (non-hydrogen) atoms. The fourth-order valence-electron chi connectivity index (χ4n) is 4.11. The van der Waals surface area contributed by atoms with E-state index in [1.165, 1.54) is 0 Å². The number of hydrogen-bond donors (Lipinski definition) is 3. The molecule has 0 aromatic heterocycles. The fourth-order valence-corrected chi connectivity index (χ4v) is 4.54. The Hall–Kier alpha value is -2.93. The minimum absolute atomic E-state index is 0.200. The molecule has 1 aliphatic heterocycles. The molecule has 1 aliphatic carbocycles. The molecule has 1 saturated carbocycles. The van der Waals surface area contributed by atoms with Crippen LogP contribution in [0.5, 0.6) is 0 Å². The van der Waals surface area contributed by atoms with E-state index in [9.17, 15) is 19.6 Å². The van der Waals surface area contributed by atoms with Crippen molar-refractivity contribution in [2.24, 2.45) is 16.8 Å². The SMILES string of the molecule is C[C@@H](CC1CCC2(CC1)OC(=O)NN=C2c1cc(C#N)ccc1Br)NC(=O)C(N)=O. The predicted molar refractivity (Wildman–Crippen MR) is 111 cm³/mol. The van der Waals surface area contributed by atoms with Gasteiger partial charge in [-0.25, -0.2) is 10.2 Å². The number of amides is 3. The molecule has 0 radical (unpaired) electrons. The summed E-state index contributed by atoms with van der Waals surface area (Å²) < 4.78 is 6.50. The molecule has 10 heteroatoms. The van der Waals surface area contributed by atoms with Crippen LogP contribution in [0.25, 0.3) is 0 Å². The lowest BCUT2D eigenvalue weighted by molar-refractivity contribution is -0.137. The highest BCUT2D eigenvalue weighted by Gasteiger charge is 2.46. The minimum Gasteiger partial charge on any atom is -0.435 e. The highest BCUT2D eigenvalue weighted by molar-refractivity contribution is 9.10. The van der Waals surface area contributed by atoms with Gasteiger partial charge in [0, 0.05) is 16.1 Å². The average molecular weight is 476 g/mol. The number of carbonyl (C=O) groups is 3. The second-order valence-electron chi connectivity index (χ2n) is 7.68. The summed E-state index contributed by atoms with van der Waals surface area (Å²) in [5, 5.41) is 16.1. The summed E-state index contributed by atoms with van der Waals surface area (Å²) in [5.74, 6) is -1.52. The van der Waals surface area contributed by atoms with Crippen LogP contribution in [0.4, 0.5) is 4.79 Å². The van der Waals surface area contributed by atoms with Crippen molar-refractivity contribution in [3.8, 4) is 6.07 Å². The van der Waals surface area contributed by atoms with Gasteiger partial charge in [-0.3, -0.25) is 9.59 Å². The number of nitrogens with two attached hydrogens (primary N) is 1. The number of primary amides is 1. The van der Waals surface area contributed by atoms with Crippen molar-refractivity contribution >= 4 is 39.5 Å². The maximum Gasteiger partial charge on any atom is 0.428 e. The molecule has 158 valence electrons. The lowest BCUT2D eigenvalue weighted by Crippen LogP contribution is -2.52. The Morgan fingerprint density at radius 3 is 2.80 bits per heavy atom. The van der Waals surface area contributed by atoms with E-state index in [0.29, 0.717) is 36.1 Å². The van der Waals surface area contributed by atoms with E-state index >= 15 is 0 Å². The van der Waals surface area contributed by atoms with Crippen molar-refractivity contribution in [3.63, 3.8) is 0 Å². The van der Waals surface area contributed by atoms with Crippen LogP contribution < -0.4 is 16.5 Å². The molecule has 1 aromatic carbocycles. The molecule has 9 nitrogen and oxygen atoms in total. The van der Waals surface area contributed by atoms with Crippen molar-refractivity contribution in [3.05, 3.63) is 33.8 Å². The molecule has 3 rings (SSSR count). The third-order valence-electron chi connectivity index (χ3n) is 5.53. The second-order valence-corrected chi connectivity index (χ2v) is 8.53. The Morgan fingerprint density at radius 2 is 2.17 bits per heavy atom. The van der Waals surface area contributed by atoms with Gasteiger partial charge in [-0.1, -0.05) is 15.9 Å². The number of carbonyl (C=O) groups excluding carboxylic acids is 3. The maximum atomic E-state index is 12.0. The van der Waals surface area contributed by atoms with E-state index < -0.39 is 23.5 Å². The van der Waals surface area contributed by atoms with Crippen molar-refractivity contribution in [1.29, 1.82) is 5.26 Å². The minimum atomic E-state index is -1.00. The van der Waals surface area contributed by atoms with E-state index in [4.69, 9.17) is 10.5 Å². The lowest BCUT2D eigenvalue weighted by atomic mass is 9.72. The van der Waals surface area contributed by atoms with Crippen LogP contribution in [-0.4, -0.2) is 35.3 Å². The number of hydrogen-bond acceptors (Lipinski definition) is 6. The van der Waals surface area contributed by atoms with E-state index in [0.717, 1.165) is 17.3 Å². The van der Waals surface area contributed by atoms with Crippen LogP contribution in [0.1, 0.15) is 50.2 Å². The number of hydrazone groups is 1. The molecule has 0 bridgehead atoms. The standard InChI is InChI=1S/C20H22BrN5O4/c1-11(24-18(28)17(23)27)8-12-4-6-20(7-5-12)16(25-26-19(29)30-20)14-9-13(10-22)2-3-15(14)21/h2-3,9,11-12H,4-8H2,1H3,(H2,23,27)(H,24,28)(H,26,29)/t11-,12?,20?/m0/s1. The number of rotatable bonds is 4. The molecule has 1 atom stereocenters. The highest BCUT2D eigenvalue weighted by Crippen LogP contribution is 2.41. The molecule has 0 saturated heterocycles. The largest absolute Gasteiger partial charge is 0.435 e. The Bertz CT molecular complexity index is 947. The van der Waals surface area contributed by atoms with Crippen molar-refractivity contribution in [2.75, 3.05) is 0 Å². The van der Waals surface area contributed by atoms with E-state index in [1.807, 2.05) is 6.92 Å². The highest BCUT2D eigenvalue weighted by atomic mass is 79.9. The van der Waals surface area contributed by atoms with Crippen molar-refractivity contribution in [2.45, 2.75) is 50.7 Å². The van der Waals surface area contributed by atoms with Crippen molar-refractivity contribution in [1.82, 2.24) is 10.7 Å². The number of nitriles is 1. The van der Waals surface area contributed by atoms with Gasteiger partial charge in [-0.2, -0.15) is 10.4 Å². The zero-order valence-electron chi connectivity index (χ0n) is 16.4. The molecule has 3 amide bonds. The van der Waals surface area contributed by atoms with Gasteiger partial charge in [0.05, 0.1) is 11.6 Å². The van der Waals surface area contributed by atoms with Crippen LogP contribution >= 0.6 is 15.9 Å². The third kappa shape index (κ3) is 4.62. The molecule has 2 aliphatic rings. The first-order valence-corrected chi connectivity index (χ1v) is 10.4. The zero-order valence-corrected chi connectivity index (χ0v) is 18.0. The first-order chi connectivity index (χ1) is 14.2. The van der Waals surface area contributed by atoms with Gasteiger partial charge in [0.25, 0.3) is 0 Å². The molecule has 1 fully saturated rings. The number of nitrogens with zero attached hydrogens (tertiary/aromatic N) is 2. The van der Waals surface area contributed by atoms with Gasteiger partial charge < -0.3 is 15.8 Å². The average Bonchev–Trinajstić information content (AvgIpc) is 2.70. The van der Waals surface area contributed by atoms with Gasteiger partial charge in [-0.05, 0) is 63.1 Å². The first-order valence-electron chi connectivity index (χ1n) is 9.61. The number of ether oxygens (including phenoxy) is 1. The normalized spacial score (nSPS) is 24.1. The van der Waals surface area contributed by atoms with E-state index in [1.54, 1.807) is 18.2 Å². The molecule has 1 heterocycles. The Morgan fingerprint density at radius 1 is 1.47 bits per heavy atom. The van der Waals surface area contributed by atoms with Crippen molar-refractivity contribution < 1.29 is 19.1 Å². The molecule has 1 spiro atoms. The summed E-state index contributed by atoms with van der Waals surface area (Å²) in [5.41, 5.74) is 8.25. The van der Waals surface area contributed by atoms with Gasteiger partial charge in [0.15, 0.2) is 5.60 Å². The second kappa shape index (κ2) is 8.83. The quantitative estimate of drug-likeness (QED) is 0.570. The van der Waals surface area contributed by atoms with Gasteiger partial charge >= 0.3 is 17.9 Å². The topological polar surface area (TPSA) is 147 Å². The number of nitrogens with one attached hydrogen (secondary N) is 2. The molecular formula is C20H22BrN5O4. The summed E-state index contributed by atoms with van der Waals surface area (Å²) in [6.45, 7) is 1.83. The van der Waals surface area contributed by atoms with E-state index in [2.05, 4.69) is 37.8 Å². The Labute approximate surface area is 182 Å². The summed E-state index contributed by atoms with van der Waals surface area (Å²) in [6, 6.07) is 7.11. The van der Waals surface area contributed by atoms with Crippen LogP contribution in [0.3, 0.4) is 0 Å². The number of benzene rings is 1. The van der Waals surface area contributed by atoms with Gasteiger partial charge in [0.2, 0.25) is 0 Å². The summed E-state index contributed by atoms with van der Waals surface area (Å²) >= 11 is 3.50. The number of halogens is 1. The maximum absolute atomic E-state index is 12.0. The smallest absolute Gasteiger partial charge is 0.428 e. The summed E-state index contributed by atoms with van der Waals surface area (Å²) in [7, 11) is 0. The molecule has 1 aromatic rings. The van der Waals surface area contributed by atoms with Crippen LogP contribution in [0, 0.1) is 17.2 Å². The molecule has 4 N–H and O–H groups in total. The monoisotopic (exact) mass is 475 g/mol. The zero-order chi connectivity index (χ0) is 21.9. The Balaban J connectivity index is 1.76. The molecular weight excluding hydrogens is 454 g/mol.